The molecule has 1 aromatic carbocycles. The Balaban J connectivity index is 1.89. The monoisotopic (exact) mass is 437 g/mol. The Bertz CT molecular complexity index is 992. The Morgan fingerprint density at radius 3 is 2.42 bits per heavy atom. The minimum Gasteiger partial charge on any atom is -0.465 e. The van der Waals surface area contributed by atoms with Gasteiger partial charge in [0.15, 0.2) is 11.5 Å². The van der Waals surface area contributed by atoms with Crippen LogP contribution in [0, 0.1) is 6.92 Å². The first-order valence-electron chi connectivity index (χ1n) is 9.88. The van der Waals surface area contributed by atoms with Crippen LogP contribution in [0.25, 0.3) is 0 Å². The van der Waals surface area contributed by atoms with E-state index in [0.29, 0.717) is 41.7 Å². The topological polar surface area (TPSA) is 76.8 Å². The lowest BCUT2D eigenvalue weighted by molar-refractivity contribution is -0.144. The van der Waals surface area contributed by atoms with Gasteiger partial charge < -0.3 is 14.1 Å². The fourth-order valence-corrected chi connectivity index (χ4v) is 3.58. The summed E-state index contributed by atoms with van der Waals surface area (Å²) in [5, 5.41) is 0. The number of fused-ring (bicyclic) bond motifs is 1. The van der Waals surface area contributed by atoms with Gasteiger partial charge in [-0.2, -0.15) is 13.2 Å². The first kappa shape index (κ1) is 22.6. The van der Waals surface area contributed by atoms with Crippen molar-refractivity contribution in [3.8, 4) is 0 Å². The highest BCUT2D eigenvalue weighted by atomic mass is 19.4. The summed E-state index contributed by atoms with van der Waals surface area (Å²) < 4.78 is 49.0. The van der Waals surface area contributed by atoms with E-state index < -0.39 is 30.2 Å². The molecule has 1 amide bonds. The van der Waals surface area contributed by atoms with Gasteiger partial charge in [-0.25, -0.2) is 0 Å². The molecule has 0 atom stereocenters. The van der Waals surface area contributed by atoms with E-state index in [1.54, 1.807) is 13.8 Å². The Labute approximate surface area is 177 Å². The summed E-state index contributed by atoms with van der Waals surface area (Å²) >= 11 is 0. The summed E-state index contributed by atoms with van der Waals surface area (Å²) in [6, 6.07) is 4.32. The largest absolute Gasteiger partial charge is 0.465 e. The van der Waals surface area contributed by atoms with Crippen molar-refractivity contribution in [1.82, 2.24) is 4.90 Å². The molecule has 166 valence electrons. The van der Waals surface area contributed by atoms with Crippen LogP contribution in [0.2, 0.25) is 0 Å². The second-order valence-electron chi connectivity index (χ2n) is 7.29. The molecular formula is C22H22F3NO5. The highest BCUT2D eigenvalue weighted by Gasteiger charge is 2.32. The van der Waals surface area contributed by atoms with Crippen molar-refractivity contribution in [2.75, 3.05) is 13.2 Å². The number of Topliss-reactive ketones (excluding diaryl/α,β-unsaturated/α-hetero) is 1. The number of hydrogen-bond acceptors (Lipinski definition) is 5. The first-order valence-corrected chi connectivity index (χ1v) is 9.88. The summed E-state index contributed by atoms with van der Waals surface area (Å²) in [5.74, 6) is -0.985. The second kappa shape index (κ2) is 8.95. The standard InChI is InChI=1S/C22H22F3NO5/c1-3-30-18(28)12-26(11-14-7-9-15(10-8-14)22(23,24)25)21(29)20-13(2)19-16(27)5-4-6-17(19)31-20/h7-10H,3-6,11-12H2,1-2H3. The van der Waals surface area contributed by atoms with Crippen LogP contribution in [0.3, 0.4) is 0 Å². The number of hydrogen-bond donors (Lipinski definition) is 0. The number of aryl methyl sites for hydroxylation is 1. The van der Waals surface area contributed by atoms with Crippen molar-refractivity contribution in [1.29, 1.82) is 0 Å². The molecular weight excluding hydrogens is 415 g/mol. The van der Waals surface area contributed by atoms with Crippen LogP contribution in [0.4, 0.5) is 13.2 Å². The molecule has 0 unspecified atom stereocenters. The molecule has 1 aliphatic rings. The van der Waals surface area contributed by atoms with Gasteiger partial charge in [-0.05, 0) is 38.0 Å². The van der Waals surface area contributed by atoms with Crippen LogP contribution in [0.15, 0.2) is 28.7 Å². The number of alkyl halides is 3. The van der Waals surface area contributed by atoms with Gasteiger partial charge in [0, 0.05) is 24.9 Å². The van der Waals surface area contributed by atoms with E-state index in [1.807, 2.05) is 0 Å². The molecule has 0 radical (unpaired) electrons. The van der Waals surface area contributed by atoms with Gasteiger partial charge in [-0.1, -0.05) is 12.1 Å². The number of benzene rings is 1. The van der Waals surface area contributed by atoms with Crippen LogP contribution in [0.1, 0.15) is 63.1 Å². The third-order valence-corrected chi connectivity index (χ3v) is 5.07. The summed E-state index contributed by atoms with van der Waals surface area (Å²) in [6.45, 7) is 2.81. The smallest absolute Gasteiger partial charge is 0.416 e. The summed E-state index contributed by atoms with van der Waals surface area (Å²) in [4.78, 5) is 38.6. The highest BCUT2D eigenvalue weighted by molar-refractivity contribution is 6.03. The third-order valence-electron chi connectivity index (χ3n) is 5.07. The van der Waals surface area contributed by atoms with E-state index in [9.17, 15) is 27.6 Å². The molecule has 0 spiro atoms. The zero-order valence-corrected chi connectivity index (χ0v) is 17.2. The van der Waals surface area contributed by atoms with Gasteiger partial charge in [-0.15, -0.1) is 0 Å². The Morgan fingerprint density at radius 2 is 1.84 bits per heavy atom. The maximum absolute atomic E-state index is 13.2. The van der Waals surface area contributed by atoms with Crippen molar-refractivity contribution in [3.63, 3.8) is 0 Å². The Kier molecular flexibility index (Phi) is 6.52. The number of carbonyl (C=O) groups is 3. The Morgan fingerprint density at radius 1 is 1.16 bits per heavy atom. The van der Waals surface area contributed by atoms with E-state index in [1.165, 1.54) is 12.1 Å². The van der Waals surface area contributed by atoms with Crippen LogP contribution in [-0.2, 0) is 28.7 Å². The molecule has 1 aliphatic carbocycles. The normalized spacial score (nSPS) is 13.6. The molecule has 1 heterocycles. The number of carbonyl (C=O) groups excluding carboxylic acids is 3. The van der Waals surface area contributed by atoms with E-state index >= 15 is 0 Å². The van der Waals surface area contributed by atoms with Gasteiger partial charge in [0.05, 0.1) is 17.7 Å². The lowest BCUT2D eigenvalue weighted by Gasteiger charge is -2.21. The van der Waals surface area contributed by atoms with Crippen LogP contribution in [-0.4, -0.2) is 35.7 Å². The molecule has 0 saturated carbocycles. The quantitative estimate of drug-likeness (QED) is 0.629. The van der Waals surface area contributed by atoms with Crippen molar-refractivity contribution >= 4 is 17.7 Å². The minimum atomic E-state index is -4.48. The number of ketones is 1. The molecule has 0 aliphatic heterocycles. The zero-order chi connectivity index (χ0) is 22.8. The van der Waals surface area contributed by atoms with E-state index in [2.05, 4.69) is 0 Å². The molecule has 6 nitrogen and oxygen atoms in total. The van der Waals surface area contributed by atoms with Crippen molar-refractivity contribution in [2.45, 2.75) is 45.8 Å². The van der Waals surface area contributed by atoms with Crippen molar-refractivity contribution in [3.05, 3.63) is 58.0 Å². The van der Waals surface area contributed by atoms with E-state index in [-0.39, 0.29) is 24.7 Å². The van der Waals surface area contributed by atoms with Gasteiger partial charge in [-0.3, -0.25) is 14.4 Å². The summed E-state index contributed by atoms with van der Waals surface area (Å²) in [5.41, 5.74) is 0.398. The Hall–Kier alpha value is -3.10. The average Bonchev–Trinajstić information content (AvgIpc) is 3.04. The number of rotatable bonds is 6. The third kappa shape index (κ3) is 4.98. The molecule has 0 bridgehead atoms. The first-order chi connectivity index (χ1) is 14.6. The fraction of sp³-hybridized carbons (Fsp3) is 0.409. The number of halogens is 3. The molecule has 1 aromatic heterocycles. The zero-order valence-electron chi connectivity index (χ0n) is 17.2. The highest BCUT2D eigenvalue weighted by Crippen LogP contribution is 2.31. The number of esters is 1. The van der Waals surface area contributed by atoms with Gasteiger partial charge >= 0.3 is 12.1 Å². The molecule has 0 N–H and O–H groups in total. The number of nitrogens with zero attached hydrogens (tertiary/aromatic N) is 1. The minimum absolute atomic E-state index is 0.0449. The van der Waals surface area contributed by atoms with Crippen LogP contribution >= 0.6 is 0 Å². The molecule has 2 aromatic rings. The fourth-order valence-electron chi connectivity index (χ4n) is 3.58. The van der Waals surface area contributed by atoms with E-state index in [4.69, 9.17) is 9.15 Å². The maximum Gasteiger partial charge on any atom is 0.416 e. The van der Waals surface area contributed by atoms with Gasteiger partial charge in [0.1, 0.15) is 12.3 Å². The average molecular weight is 437 g/mol. The van der Waals surface area contributed by atoms with Crippen molar-refractivity contribution < 1.29 is 36.7 Å². The van der Waals surface area contributed by atoms with Crippen LogP contribution in [0.5, 0.6) is 0 Å². The molecule has 9 heteroatoms. The lowest BCUT2D eigenvalue weighted by Crippen LogP contribution is -2.36. The predicted molar refractivity (Wildman–Crippen MR) is 104 cm³/mol. The van der Waals surface area contributed by atoms with Gasteiger partial charge in [0.2, 0.25) is 0 Å². The lowest BCUT2D eigenvalue weighted by atomic mass is 9.94. The van der Waals surface area contributed by atoms with Crippen molar-refractivity contribution in [2.24, 2.45) is 0 Å². The SMILES string of the molecule is CCOC(=O)CN(Cc1ccc(C(F)(F)F)cc1)C(=O)c1oc2c(c1C)C(=O)CCC2. The summed E-state index contributed by atoms with van der Waals surface area (Å²) in [7, 11) is 0. The number of furan rings is 1. The van der Waals surface area contributed by atoms with Crippen LogP contribution < -0.4 is 0 Å². The molecule has 0 fully saturated rings. The van der Waals surface area contributed by atoms with Gasteiger partial charge in [0.25, 0.3) is 5.91 Å². The molecule has 0 saturated heterocycles. The summed E-state index contributed by atoms with van der Waals surface area (Å²) in [6.07, 6.45) is -2.94. The maximum atomic E-state index is 13.2. The molecule has 31 heavy (non-hydrogen) atoms. The second-order valence-corrected chi connectivity index (χ2v) is 7.29. The molecule has 3 rings (SSSR count). The van der Waals surface area contributed by atoms with E-state index in [0.717, 1.165) is 17.0 Å². The predicted octanol–water partition coefficient (Wildman–Crippen LogP) is 4.33. The number of amides is 1. The number of ether oxygens (including phenoxy) is 1.